The van der Waals surface area contributed by atoms with Gasteiger partial charge in [-0.05, 0) is 41.7 Å². The smallest absolute Gasteiger partial charge is 0.126 e. The van der Waals surface area contributed by atoms with E-state index in [1.54, 1.807) is 0 Å². The summed E-state index contributed by atoms with van der Waals surface area (Å²) in [6.07, 6.45) is 0. The molecule has 19 heavy (non-hydrogen) atoms. The molecule has 3 heteroatoms. The van der Waals surface area contributed by atoms with E-state index in [0.29, 0.717) is 11.3 Å². The Morgan fingerprint density at radius 3 is 2.63 bits per heavy atom. The normalized spacial score (nSPS) is 13.5. The number of benzene rings is 1. The zero-order valence-corrected chi connectivity index (χ0v) is 12.2. The largest absolute Gasteiger partial charge is 0.399 e. The van der Waals surface area contributed by atoms with Crippen molar-refractivity contribution >= 4 is 22.4 Å². The Labute approximate surface area is 115 Å². The van der Waals surface area contributed by atoms with Crippen LogP contribution < -0.4 is 11.1 Å². The fourth-order valence-electron chi connectivity index (χ4n) is 1.81. The van der Waals surface area contributed by atoms with E-state index in [1.807, 2.05) is 24.3 Å². The Morgan fingerprint density at radius 1 is 1.21 bits per heavy atom. The van der Waals surface area contributed by atoms with Gasteiger partial charge in [-0.15, -0.1) is 0 Å². The van der Waals surface area contributed by atoms with Crippen LogP contribution in [0.1, 0.15) is 27.7 Å². The molecular weight excluding hydrogens is 234 g/mol. The quantitative estimate of drug-likeness (QED) is 0.820. The van der Waals surface area contributed by atoms with E-state index in [9.17, 15) is 0 Å². The van der Waals surface area contributed by atoms with Gasteiger partial charge in [0.1, 0.15) is 5.82 Å². The Morgan fingerprint density at radius 2 is 1.95 bits per heavy atom. The number of nitrogen functional groups attached to an aromatic ring is 1. The van der Waals surface area contributed by atoms with Crippen molar-refractivity contribution in [1.29, 1.82) is 0 Å². The van der Waals surface area contributed by atoms with Gasteiger partial charge < -0.3 is 11.1 Å². The van der Waals surface area contributed by atoms with Crippen molar-refractivity contribution in [2.75, 3.05) is 17.6 Å². The third-order valence-electron chi connectivity index (χ3n) is 3.78. The lowest BCUT2D eigenvalue weighted by atomic mass is 9.82. The highest BCUT2D eigenvalue weighted by Crippen LogP contribution is 2.25. The number of aromatic nitrogens is 1. The van der Waals surface area contributed by atoms with E-state index in [0.717, 1.165) is 29.0 Å². The van der Waals surface area contributed by atoms with E-state index < -0.39 is 0 Å². The highest BCUT2D eigenvalue weighted by molar-refractivity contribution is 5.83. The van der Waals surface area contributed by atoms with Crippen molar-refractivity contribution in [2.45, 2.75) is 27.7 Å². The Bertz CT molecular complexity index is 570. The van der Waals surface area contributed by atoms with Crippen LogP contribution in [0.25, 0.3) is 10.9 Å². The van der Waals surface area contributed by atoms with Crippen LogP contribution in [0, 0.1) is 11.3 Å². The fraction of sp³-hybridized carbons (Fsp3) is 0.438. The van der Waals surface area contributed by atoms with Crippen molar-refractivity contribution in [3.63, 3.8) is 0 Å². The molecule has 1 unspecified atom stereocenters. The average Bonchev–Trinajstić information content (AvgIpc) is 2.34. The van der Waals surface area contributed by atoms with Gasteiger partial charge in [-0.2, -0.15) is 0 Å². The number of pyridine rings is 1. The van der Waals surface area contributed by atoms with Crippen molar-refractivity contribution in [2.24, 2.45) is 11.3 Å². The lowest BCUT2D eigenvalue weighted by Crippen LogP contribution is -2.25. The first-order valence-electron chi connectivity index (χ1n) is 6.76. The molecule has 1 atom stereocenters. The highest BCUT2D eigenvalue weighted by atomic mass is 15.0. The summed E-state index contributed by atoms with van der Waals surface area (Å²) in [5.41, 5.74) is 7.82. The maximum Gasteiger partial charge on any atom is 0.126 e. The van der Waals surface area contributed by atoms with Crippen LogP contribution in [0.2, 0.25) is 0 Å². The average molecular weight is 257 g/mol. The van der Waals surface area contributed by atoms with E-state index in [2.05, 4.69) is 44.1 Å². The van der Waals surface area contributed by atoms with Crippen LogP contribution in [-0.2, 0) is 0 Å². The van der Waals surface area contributed by atoms with Crippen LogP contribution in [0.3, 0.4) is 0 Å². The number of nitrogens with two attached hydrogens (primary N) is 1. The fourth-order valence-corrected chi connectivity index (χ4v) is 1.81. The van der Waals surface area contributed by atoms with Crippen LogP contribution in [0.15, 0.2) is 30.3 Å². The monoisotopic (exact) mass is 257 g/mol. The molecule has 0 aliphatic rings. The molecular formula is C16H23N3. The molecule has 0 aliphatic carbocycles. The van der Waals surface area contributed by atoms with Crippen molar-refractivity contribution in [3.05, 3.63) is 30.3 Å². The minimum atomic E-state index is 0.304. The molecule has 0 saturated carbocycles. The van der Waals surface area contributed by atoms with Crippen LogP contribution >= 0.6 is 0 Å². The van der Waals surface area contributed by atoms with Gasteiger partial charge in [0, 0.05) is 17.6 Å². The zero-order chi connectivity index (χ0) is 14.0. The Kier molecular flexibility index (Phi) is 3.65. The number of rotatable bonds is 3. The number of nitrogens with one attached hydrogen (secondary N) is 1. The van der Waals surface area contributed by atoms with Gasteiger partial charge in [-0.3, -0.25) is 0 Å². The second kappa shape index (κ2) is 5.08. The molecule has 102 valence electrons. The molecule has 0 radical (unpaired) electrons. The molecule has 2 aromatic rings. The zero-order valence-electron chi connectivity index (χ0n) is 12.2. The number of hydrogen-bond donors (Lipinski definition) is 2. The summed E-state index contributed by atoms with van der Waals surface area (Å²) in [5.74, 6) is 1.50. The first-order chi connectivity index (χ1) is 8.86. The van der Waals surface area contributed by atoms with Crippen molar-refractivity contribution < 1.29 is 0 Å². The van der Waals surface area contributed by atoms with Crippen LogP contribution in [-0.4, -0.2) is 11.5 Å². The van der Waals surface area contributed by atoms with Gasteiger partial charge in [-0.1, -0.05) is 27.7 Å². The number of anilines is 2. The van der Waals surface area contributed by atoms with E-state index in [4.69, 9.17) is 5.73 Å². The summed E-state index contributed by atoms with van der Waals surface area (Å²) in [4.78, 5) is 4.60. The molecule has 1 aromatic heterocycles. The summed E-state index contributed by atoms with van der Waals surface area (Å²) < 4.78 is 0. The summed E-state index contributed by atoms with van der Waals surface area (Å²) >= 11 is 0. The van der Waals surface area contributed by atoms with Gasteiger partial charge in [0.2, 0.25) is 0 Å². The second-order valence-electron chi connectivity index (χ2n) is 6.30. The molecule has 0 fully saturated rings. The van der Waals surface area contributed by atoms with E-state index in [-0.39, 0.29) is 0 Å². The van der Waals surface area contributed by atoms with E-state index >= 15 is 0 Å². The van der Waals surface area contributed by atoms with Crippen LogP contribution in [0.5, 0.6) is 0 Å². The number of nitrogens with zero attached hydrogens (tertiary/aromatic N) is 1. The molecule has 0 bridgehead atoms. The van der Waals surface area contributed by atoms with Gasteiger partial charge in [0.25, 0.3) is 0 Å². The predicted molar refractivity (Wildman–Crippen MR) is 83.3 cm³/mol. The van der Waals surface area contributed by atoms with Crippen molar-refractivity contribution in [3.8, 4) is 0 Å². The summed E-state index contributed by atoms with van der Waals surface area (Å²) in [5, 5.41) is 4.49. The number of fused-ring (bicyclic) bond motifs is 1. The highest BCUT2D eigenvalue weighted by Gasteiger charge is 2.19. The predicted octanol–water partition coefficient (Wildman–Crippen LogP) is 3.91. The molecule has 0 amide bonds. The standard InChI is InChI=1S/C16H23N3/c1-11(16(2,3)4)10-18-15-8-5-12-9-13(17)6-7-14(12)19-15/h5-9,11H,10,17H2,1-4H3,(H,18,19). The van der Waals surface area contributed by atoms with Gasteiger partial charge in [0.05, 0.1) is 5.52 Å². The Hall–Kier alpha value is -1.77. The molecule has 3 nitrogen and oxygen atoms in total. The van der Waals surface area contributed by atoms with Crippen LogP contribution in [0.4, 0.5) is 11.5 Å². The third kappa shape index (κ3) is 3.37. The molecule has 0 spiro atoms. The molecule has 0 saturated heterocycles. The SMILES string of the molecule is CC(CNc1ccc2cc(N)ccc2n1)C(C)(C)C. The maximum absolute atomic E-state index is 5.76. The third-order valence-corrected chi connectivity index (χ3v) is 3.78. The Balaban J connectivity index is 2.12. The number of hydrogen-bond acceptors (Lipinski definition) is 3. The van der Waals surface area contributed by atoms with Gasteiger partial charge in [0.15, 0.2) is 0 Å². The van der Waals surface area contributed by atoms with Gasteiger partial charge in [-0.25, -0.2) is 4.98 Å². The summed E-state index contributed by atoms with van der Waals surface area (Å²) in [6.45, 7) is 9.97. The molecule has 0 aliphatic heterocycles. The summed E-state index contributed by atoms with van der Waals surface area (Å²) in [7, 11) is 0. The molecule has 1 heterocycles. The first-order valence-corrected chi connectivity index (χ1v) is 6.76. The van der Waals surface area contributed by atoms with Gasteiger partial charge >= 0.3 is 0 Å². The topological polar surface area (TPSA) is 50.9 Å². The lowest BCUT2D eigenvalue weighted by Gasteiger charge is -2.27. The lowest BCUT2D eigenvalue weighted by molar-refractivity contribution is 0.274. The molecule has 1 aromatic carbocycles. The maximum atomic E-state index is 5.76. The first kappa shape index (κ1) is 13.7. The second-order valence-corrected chi connectivity index (χ2v) is 6.30. The minimum Gasteiger partial charge on any atom is -0.399 e. The minimum absolute atomic E-state index is 0.304. The molecule has 3 N–H and O–H groups in total. The van der Waals surface area contributed by atoms with E-state index in [1.165, 1.54) is 0 Å². The van der Waals surface area contributed by atoms with Crippen molar-refractivity contribution in [1.82, 2.24) is 4.98 Å². The molecule has 2 rings (SSSR count). The summed E-state index contributed by atoms with van der Waals surface area (Å²) in [6, 6.07) is 9.86.